The predicted molar refractivity (Wildman–Crippen MR) is 80.2 cm³/mol. The van der Waals surface area contributed by atoms with Crippen LogP contribution in [0.15, 0.2) is 30.6 Å². The van der Waals surface area contributed by atoms with E-state index in [1.54, 1.807) is 6.20 Å². The predicted octanol–water partition coefficient (Wildman–Crippen LogP) is 1.72. The van der Waals surface area contributed by atoms with Crippen molar-refractivity contribution >= 4 is 23.0 Å². The molecule has 3 N–H and O–H groups in total. The van der Waals surface area contributed by atoms with Gasteiger partial charge in [0.25, 0.3) is 0 Å². The fraction of sp³-hybridized carbons (Fsp3) is 0.308. The van der Waals surface area contributed by atoms with E-state index in [4.69, 9.17) is 18.0 Å². The Morgan fingerprint density at radius 1 is 1.53 bits per heavy atom. The Balaban J connectivity index is 2.08. The number of pyridine rings is 1. The van der Waals surface area contributed by atoms with Crippen LogP contribution in [-0.2, 0) is 6.54 Å². The largest absolute Gasteiger partial charge is 0.389 e. The Hall–Kier alpha value is -1.95. The Morgan fingerprint density at radius 2 is 2.32 bits per heavy atom. The molecule has 1 atom stereocenters. The molecule has 2 aromatic heterocycles. The number of nitrogens with one attached hydrogen (secondary N) is 1. The van der Waals surface area contributed by atoms with Crippen LogP contribution >= 0.6 is 12.2 Å². The van der Waals surface area contributed by atoms with Crippen molar-refractivity contribution in [1.29, 1.82) is 0 Å². The summed E-state index contributed by atoms with van der Waals surface area (Å²) in [5.41, 5.74) is 7.37. The summed E-state index contributed by atoms with van der Waals surface area (Å²) in [6.45, 7) is 4.77. The van der Waals surface area contributed by atoms with Crippen LogP contribution in [-0.4, -0.2) is 25.8 Å². The van der Waals surface area contributed by atoms with Gasteiger partial charge in [-0.3, -0.25) is 4.68 Å². The van der Waals surface area contributed by atoms with Crippen LogP contribution in [0.5, 0.6) is 0 Å². The number of rotatable bonds is 5. The maximum atomic E-state index is 5.65. The number of aryl methyl sites for hydroxylation is 1. The standard InChI is InChI=1S/C13H17N5S/c1-9-6-11(13(14)19)7-12(16-9)17-10(2)8-18-5-3-4-15-18/h3-7,10H,8H2,1-2H3,(H2,14,19)(H,16,17). The second kappa shape index (κ2) is 5.79. The Morgan fingerprint density at radius 3 is 2.95 bits per heavy atom. The van der Waals surface area contributed by atoms with Gasteiger partial charge in [-0.1, -0.05) is 12.2 Å². The zero-order valence-corrected chi connectivity index (χ0v) is 11.8. The summed E-state index contributed by atoms with van der Waals surface area (Å²) in [5.74, 6) is 0.780. The molecule has 0 radical (unpaired) electrons. The van der Waals surface area contributed by atoms with E-state index >= 15 is 0 Å². The third kappa shape index (κ3) is 3.75. The highest BCUT2D eigenvalue weighted by atomic mass is 32.1. The van der Waals surface area contributed by atoms with Crippen LogP contribution in [0.1, 0.15) is 18.2 Å². The van der Waals surface area contributed by atoms with E-state index in [9.17, 15) is 0 Å². The Bertz CT molecular complexity index is 564. The molecule has 0 saturated heterocycles. The number of hydrogen-bond donors (Lipinski definition) is 2. The van der Waals surface area contributed by atoms with Crippen LogP contribution < -0.4 is 11.1 Å². The summed E-state index contributed by atoms with van der Waals surface area (Å²) in [7, 11) is 0. The molecular weight excluding hydrogens is 258 g/mol. The van der Waals surface area contributed by atoms with E-state index in [0.29, 0.717) is 4.99 Å². The van der Waals surface area contributed by atoms with Crippen LogP contribution in [0.3, 0.4) is 0 Å². The van der Waals surface area contributed by atoms with E-state index in [1.807, 2.05) is 36.0 Å². The molecule has 5 nitrogen and oxygen atoms in total. The lowest BCUT2D eigenvalue weighted by molar-refractivity contribution is 0.559. The maximum Gasteiger partial charge on any atom is 0.127 e. The molecule has 6 heteroatoms. The summed E-state index contributed by atoms with van der Waals surface area (Å²) >= 11 is 5.00. The SMILES string of the molecule is Cc1cc(C(N)=S)cc(NC(C)Cn2cccn2)n1. The van der Waals surface area contributed by atoms with E-state index in [1.165, 1.54) is 0 Å². The quantitative estimate of drug-likeness (QED) is 0.813. The van der Waals surface area contributed by atoms with E-state index in [2.05, 4.69) is 22.3 Å². The van der Waals surface area contributed by atoms with Crippen molar-refractivity contribution in [2.75, 3.05) is 5.32 Å². The molecule has 0 bridgehead atoms. The number of aromatic nitrogens is 3. The summed E-state index contributed by atoms with van der Waals surface area (Å²) in [6, 6.07) is 5.86. The van der Waals surface area contributed by atoms with Crippen molar-refractivity contribution in [2.45, 2.75) is 26.4 Å². The molecular formula is C13H17N5S. The highest BCUT2D eigenvalue weighted by Crippen LogP contribution is 2.11. The van der Waals surface area contributed by atoms with Crippen molar-refractivity contribution in [3.63, 3.8) is 0 Å². The summed E-state index contributed by atoms with van der Waals surface area (Å²) in [5, 5.41) is 7.51. The molecule has 0 aliphatic heterocycles. The molecule has 0 aliphatic rings. The van der Waals surface area contributed by atoms with Crippen LogP contribution in [0.4, 0.5) is 5.82 Å². The molecule has 1 unspecified atom stereocenters. The molecule has 0 fully saturated rings. The highest BCUT2D eigenvalue weighted by molar-refractivity contribution is 7.80. The fourth-order valence-corrected chi connectivity index (χ4v) is 1.99. The van der Waals surface area contributed by atoms with Gasteiger partial charge in [0.1, 0.15) is 10.8 Å². The number of anilines is 1. The molecule has 2 heterocycles. The van der Waals surface area contributed by atoms with Gasteiger partial charge in [0, 0.05) is 29.7 Å². The molecule has 0 spiro atoms. The first-order valence-electron chi connectivity index (χ1n) is 6.07. The van der Waals surface area contributed by atoms with Crippen LogP contribution in [0.2, 0.25) is 0 Å². The second-order valence-electron chi connectivity index (χ2n) is 4.52. The lowest BCUT2D eigenvalue weighted by Crippen LogP contribution is -2.23. The van der Waals surface area contributed by atoms with E-state index < -0.39 is 0 Å². The maximum absolute atomic E-state index is 5.65. The van der Waals surface area contributed by atoms with Gasteiger partial charge in [-0.05, 0) is 32.0 Å². The van der Waals surface area contributed by atoms with Crippen molar-refractivity contribution in [1.82, 2.24) is 14.8 Å². The lowest BCUT2D eigenvalue weighted by Gasteiger charge is -2.15. The summed E-state index contributed by atoms with van der Waals surface area (Å²) in [4.78, 5) is 4.81. The minimum atomic E-state index is 0.202. The Labute approximate surface area is 117 Å². The van der Waals surface area contributed by atoms with Gasteiger partial charge in [0.15, 0.2) is 0 Å². The minimum Gasteiger partial charge on any atom is -0.389 e. The van der Waals surface area contributed by atoms with E-state index in [0.717, 1.165) is 23.6 Å². The van der Waals surface area contributed by atoms with Crippen LogP contribution in [0, 0.1) is 6.92 Å². The summed E-state index contributed by atoms with van der Waals surface area (Å²) < 4.78 is 1.88. The van der Waals surface area contributed by atoms with Crippen LogP contribution in [0.25, 0.3) is 0 Å². The molecule has 100 valence electrons. The minimum absolute atomic E-state index is 0.202. The van der Waals surface area contributed by atoms with Crippen molar-refractivity contribution in [2.24, 2.45) is 5.73 Å². The van der Waals surface area contributed by atoms with Gasteiger partial charge < -0.3 is 11.1 Å². The zero-order chi connectivity index (χ0) is 13.8. The topological polar surface area (TPSA) is 68.8 Å². The molecule has 2 rings (SSSR count). The third-order valence-electron chi connectivity index (χ3n) is 2.65. The lowest BCUT2D eigenvalue weighted by atomic mass is 10.2. The molecule has 0 aromatic carbocycles. The zero-order valence-electron chi connectivity index (χ0n) is 11.0. The average Bonchev–Trinajstić information content (AvgIpc) is 2.80. The van der Waals surface area contributed by atoms with Gasteiger partial charge in [0.05, 0.1) is 6.54 Å². The fourth-order valence-electron chi connectivity index (χ4n) is 1.87. The molecule has 0 aliphatic carbocycles. The van der Waals surface area contributed by atoms with Gasteiger partial charge >= 0.3 is 0 Å². The molecule has 2 aromatic rings. The smallest absolute Gasteiger partial charge is 0.127 e. The molecule has 19 heavy (non-hydrogen) atoms. The second-order valence-corrected chi connectivity index (χ2v) is 4.96. The first kappa shape index (κ1) is 13.5. The number of nitrogens with zero attached hydrogens (tertiary/aromatic N) is 3. The van der Waals surface area contributed by atoms with E-state index in [-0.39, 0.29) is 6.04 Å². The van der Waals surface area contributed by atoms with Crippen molar-refractivity contribution < 1.29 is 0 Å². The number of nitrogens with two attached hydrogens (primary N) is 1. The summed E-state index contributed by atoms with van der Waals surface area (Å²) in [6.07, 6.45) is 3.70. The van der Waals surface area contributed by atoms with Gasteiger partial charge in [-0.2, -0.15) is 5.10 Å². The monoisotopic (exact) mass is 275 g/mol. The van der Waals surface area contributed by atoms with Crippen molar-refractivity contribution in [3.8, 4) is 0 Å². The Kier molecular flexibility index (Phi) is 4.11. The molecule has 0 amide bonds. The average molecular weight is 275 g/mol. The molecule has 0 saturated carbocycles. The third-order valence-corrected chi connectivity index (χ3v) is 2.89. The first-order chi connectivity index (χ1) is 9.04. The van der Waals surface area contributed by atoms with Crippen molar-refractivity contribution in [3.05, 3.63) is 41.9 Å². The van der Waals surface area contributed by atoms with Gasteiger partial charge in [-0.25, -0.2) is 4.98 Å². The first-order valence-corrected chi connectivity index (χ1v) is 6.48. The van der Waals surface area contributed by atoms with Gasteiger partial charge in [0.2, 0.25) is 0 Å². The number of thiocarbonyl (C=S) groups is 1. The highest BCUT2D eigenvalue weighted by Gasteiger charge is 2.07. The number of hydrogen-bond acceptors (Lipinski definition) is 4. The van der Waals surface area contributed by atoms with Gasteiger partial charge in [-0.15, -0.1) is 0 Å². The normalized spacial score (nSPS) is 12.1.